The number of morpholine rings is 1. The van der Waals surface area contributed by atoms with Crippen molar-refractivity contribution in [2.24, 2.45) is 0 Å². The fraction of sp³-hybridized carbons (Fsp3) is 1.00. The Balaban J connectivity index is 1.75. The zero-order valence-electron chi connectivity index (χ0n) is 12.3. The molecule has 2 unspecified atom stereocenters. The zero-order valence-corrected chi connectivity index (χ0v) is 12.3. The van der Waals surface area contributed by atoms with Crippen molar-refractivity contribution in [3.05, 3.63) is 0 Å². The second kappa shape index (κ2) is 6.88. The third-order valence-electron chi connectivity index (χ3n) is 4.34. The van der Waals surface area contributed by atoms with Gasteiger partial charge in [-0.15, -0.1) is 0 Å². The minimum Gasteiger partial charge on any atom is -0.373 e. The molecule has 2 fully saturated rings. The van der Waals surface area contributed by atoms with Crippen LogP contribution in [0.1, 0.15) is 52.9 Å². The predicted octanol–water partition coefficient (Wildman–Crippen LogP) is 2.41. The molecule has 1 saturated heterocycles. The maximum absolute atomic E-state index is 5.83. The number of nitrogens with one attached hydrogen (secondary N) is 1. The summed E-state index contributed by atoms with van der Waals surface area (Å²) in [5.74, 6) is 0. The minimum absolute atomic E-state index is 0.407. The van der Waals surface area contributed by atoms with Gasteiger partial charge in [-0.25, -0.2) is 0 Å². The molecule has 2 rings (SSSR count). The highest BCUT2D eigenvalue weighted by atomic mass is 16.5. The summed E-state index contributed by atoms with van der Waals surface area (Å²) in [5.41, 5.74) is 0. The minimum atomic E-state index is 0.407. The van der Waals surface area contributed by atoms with Crippen LogP contribution in [0.2, 0.25) is 0 Å². The molecule has 1 aliphatic carbocycles. The van der Waals surface area contributed by atoms with E-state index in [9.17, 15) is 0 Å². The summed E-state index contributed by atoms with van der Waals surface area (Å²) in [6.07, 6.45) is 7.49. The summed E-state index contributed by atoms with van der Waals surface area (Å²) >= 11 is 0. The van der Waals surface area contributed by atoms with Gasteiger partial charge in [-0.2, -0.15) is 0 Å². The molecule has 1 heterocycles. The molecule has 0 amide bonds. The lowest BCUT2D eigenvalue weighted by atomic mass is 9.89. The zero-order chi connectivity index (χ0) is 13.0. The van der Waals surface area contributed by atoms with Crippen molar-refractivity contribution in [1.29, 1.82) is 0 Å². The summed E-state index contributed by atoms with van der Waals surface area (Å²) < 4.78 is 5.83. The smallest absolute Gasteiger partial charge is 0.0678 e. The maximum atomic E-state index is 5.83. The molecule has 0 aromatic carbocycles. The molecule has 3 nitrogen and oxygen atoms in total. The molecule has 18 heavy (non-hydrogen) atoms. The number of ether oxygens (including phenoxy) is 1. The van der Waals surface area contributed by atoms with Crippen LogP contribution in [0.5, 0.6) is 0 Å². The Morgan fingerprint density at radius 2 is 1.67 bits per heavy atom. The van der Waals surface area contributed by atoms with Gasteiger partial charge in [0.2, 0.25) is 0 Å². The van der Waals surface area contributed by atoms with Crippen LogP contribution in [0.4, 0.5) is 0 Å². The van der Waals surface area contributed by atoms with E-state index in [0.29, 0.717) is 12.2 Å². The molecule has 2 atom stereocenters. The Morgan fingerprint density at radius 3 is 2.22 bits per heavy atom. The fourth-order valence-corrected chi connectivity index (χ4v) is 3.51. The molecule has 0 radical (unpaired) electrons. The van der Waals surface area contributed by atoms with Gasteiger partial charge in [0, 0.05) is 25.2 Å². The highest BCUT2D eigenvalue weighted by molar-refractivity contribution is 4.86. The first kappa shape index (κ1) is 14.3. The van der Waals surface area contributed by atoms with Crippen molar-refractivity contribution in [3.8, 4) is 0 Å². The van der Waals surface area contributed by atoms with E-state index in [1.54, 1.807) is 0 Å². The van der Waals surface area contributed by atoms with Crippen LogP contribution in [-0.2, 0) is 4.74 Å². The molecule has 1 aliphatic heterocycles. The average Bonchev–Trinajstić information content (AvgIpc) is 2.36. The van der Waals surface area contributed by atoms with E-state index in [4.69, 9.17) is 4.74 Å². The van der Waals surface area contributed by atoms with Crippen LogP contribution in [0.3, 0.4) is 0 Å². The second-order valence-electron chi connectivity index (χ2n) is 6.17. The van der Waals surface area contributed by atoms with E-state index in [1.165, 1.54) is 38.6 Å². The number of nitrogens with zero attached hydrogens (tertiary/aromatic N) is 1. The standard InChI is InChI=1S/C15H30N2O/c1-4-9-16-14-5-7-15(8-6-14)17-10-12(2)18-13(3)11-17/h12-16H,4-11H2,1-3H3. The van der Waals surface area contributed by atoms with Crippen LogP contribution < -0.4 is 5.32 Å². The highest BCUT2D eigenvalue weighted by Gasteiger charge is 2.30. The fourth-order valence-electron chi connectivity index (χ4n) is 3.51. The summed E-state index contributed by atoms with van der Waals surface area (Å²) in [4.78, 5) is 2.68. The van der Waals surface area contributed by atoms with Crippen LogP contribution in [0, 0.1) is 0 Å². The molecule has 2 aliphatic rings. The van der Waals surface area contributed by atoms with E-state index >= 15 is 0 Å². The molecule has 0 spiro atoms. The monoisotopic (exact) mass is 254 g/mol. The molecule has 3 heteroatoms. The summed E-state index contributed by atoms with van der Waals surface area (Å²) in [5, 5.41) is 3.67. The molecular formula is C15H30N2O. The van der Waals surface area contributed by atoms with E-state index in [2.05, 4.69) is 31.0 Å². The van der Waals surface area contributed by atoms with E-state index < -0.39 is 0 Å². The Labute approximate surface area is 112 Å². The lowest BCUT2D eigenvalue weighted by Gasteiger charge is -2.43. The molecule has 0 aromatic heterocycles. The van der Waals surface area contributed by atoms with Crippen molar-refractivity contribution in [1.82, 2.24) is 10.2 Å². The first-order valence-electron chi connectivity index (χ1n) is 7.82. The van der Waals surface area contributed by atoms with E-state index in [-0.39, 0.29) is 0 Å². The summed E-state index contributed by atoms with van der Waals surface area (Å²) in [6, 6.07) is 1.58. The highest BCUT2D eigenvalue weighted by Crippen LogP contribution is 2.25. The number of rotatable bonds is 4. The largest absolute Gasteiger partial charge is 0.373 e. The van der Waals surface area contributed by atoms with Crippen LogP contribution in [0.25, 0.3) is 0 Å². The molecule has 1 saturated carbocycles. The Morgan fingerprint density at radius 1 is 1.06 bits per heavy atom. The van der Waals surface area contributed by atoms with Crippen molar-refractivity contribution < 1.29 is 4.74 Å². The van der Waals surface area contributed by atoms with Gasteiger partial charge in [0.25, 0.3) is 0 Å². The van der Waals surface area contributed by atoms with Crippen LogP contribution >= 0.6 is 0 Å². The molecule has 106 valence electrons. The van der Waals surface area contributed by atoms with Gasteiger partial charge >= 0.3 is 0 Å². The van der Waals surface area contributed by atoms with Gasteiger partial charge in [-0.05, 0) is 52.5 Å². The van der Waals surface area contributed by atoms with E-state index in [1.807, 2.05) is 0 Å². The molecular weight excluding hydrogens is 224 g/mol. The maximum Gasteiger partial charge on any atom is 0.0678 e. The van der Waals surface area contributed by atoms with Gasteiger partial charge in [0.05, 0.1) is 12.2 Å². The average molecular weight is 254 g/mol. The molecule has 0 aromatic rings. The molecule has 1 N–H and O–H groups in total. The number of hydrogen-bond donors (Lipinski definition) is 1. The summed E-state index contributed by atoms with van der Waals surface area (Å²) in [6.45, 7) is 10.1. The Hall–Kier alpha value is -0.120. The van der Waals surface area contributed by atoms with Crippen molar-refractivity contribution >= 4 is 0 Å². The van der Waals surface area contributed by atoms with E-state index in [0.717, 1.165) is 25.2 Å². The van der Waals surface area contributed by atoms with Gasteiger partial charge in [-0.1, -0.05) is 6.92 Å². The quantitative estimate of drug-likeness (QED) is 0.834. The first-order chi connectivity index (χ1) is 8.69. The predicted molar refractivity (Wildman–Crippen MR) is 75.9 cm³/mol. The third kappa shape index (κ3) is 3.94. The Bertz CT molecular complexity index is 229. The normalized spacial score (nSPS) is 38.8. The van der Waals surface area contributed by atoms with Gasteiger partial charge in [-0.3, -0.25) is 4.90 Å². The lowest BCUT2D eigenvalue weighted by molar-refractivity contribution is -0.0846. The van der Waals surface area contributed by atoms with Gasteiger partial charge in [0.15, 0.2) is 0 Å². The second-order valence-corrected chi connectivity index (χ2v) is 6.17. The van der Waals surface area contributed by atoms with Crippen LogP contribution in [-0.4, -0.2) is 48.8 Å². The first-order valence-corrected chi connectivity index (χ1v) is 7.82. The SMILES string of the molecule is CCCNC1CCC(N2CC(C)OC(C)C2)CC1. The summed E-state index contributed by atoms with van der Waals surface area (Å²) in [7, 11) is 0. The Kier molecular flexibility index (Phi) is 5.46. The third-order valence-corrected chi connectivity index (χ3v) is 4.34. The van der Waals surface area contributed by atoms with Gasteiger partial charge in [0.1, 0.15) is 0 Å². The van der Waals surface area contributed by atoms with Crippen LogP contribution in [0.15, 0.2) is 0 Å². The van der Waals surface area contributed by atoms with Gasteiger partial charge < -0.3 is 10.1 Å². The lowest BCUT2D eigenvalue weighted by Crippen LogP contribution is -2.51. The van der Waals surface area contributed by atoms with Crippen molar-refractivity contribution in [3.63, 3.8) is 0 Å². The molecule has 0 bridgehead atoms. The van der Waals surface area contributed by atoms with Crippen molar-refractivity contribution in [2.75, 3.05) is 19.6 Å². The number of hydrogen-bond acceptors (Lipinski definition) is 3. The topological polar surface area (TPSA) is 24.5 Å². The van der Waals surface area contributed by atoms with Crippen molar-refractivity contribution in [2.45, 2.75) is 77.2 Å².